The van der Waals surface area contributed by atoms with Gasteiger partial charge in [-0.15, -0.1) is 0 Å². The van der Waals surface area contributed by atoms with Gasteiger partial charge in [-0.3, -0.25) is 14.4 Å². The average Bonchev–Trinajstić information content (AvgIpc) is 3.33. The molecule has 0 aromatic carbocycles. The Morgan fingerprint density at radius 3 is 0.851 bits per heavy atom. The Balaban J connectivity index is 4.67. The summed E-state index contributed by atoms with van der Waals surface area (Å²) >= 11 is 0. The Morgan fingerprint density at radius 2 is 0.537 bits per heavy atom. The first kappa shape index (κ1) is 61.2. The quantitative estimate of drug-likeness (QED) is 0.0263. The van der Waals surface area contributed by atoms with E-state index in [9.17, 15) is 14.4 Å². The zero-order chi connectivity index (χ0) is 48.6. The highest BCUT2D eigenvalue weighted by Gasteiger charge is 2.19. The summed E-state index contributed by atoms with van der Waals surface area (Å²) in [6, 6.07) is 0. The molecule has 0 spiro atoms. The van der Waals surface area contributed by atoms with Crippen molar-refractivity contribution in [1.29, 1.82) is 0 Å². The standard InChI is InChI=1S/C61H86O6/c1-4-7-10-13-16-19-22-25-28-29-30-31-34-36-39-42-45-48-51-54-60(63)66-57-58(67-61(64)55-52-49-46-43-40-37-33-27-24-21-18-15-12-9-6-3)56-65-59(62)53-50-47-44-41-38-35-32-26-23-20-17-14-11-8-5-2/h7-34,36-37,39-40,58H,4-6,35,38,41-57H2,1-3H3/b10-7-,11-8-,12-9-,16-13-,17-14-,18-15-,22-19-,23-20-,24-21-,28-25-,30-29+,32-26-,33-27-,34-31-,39-36-,40-37-. The van der Waals surface area contributed by atoms with E-state index in [1.807, 2.05) is 146 Å². The van der Waals surface area contributed by atoms with Crippen molar-refractivity contribution in [2.75, 3.05) is 13.2 Å². The normalized spacial score (nSPS) is 13.8. The lowest BCUT2D eigenvalue weighted by Gasteiger charge is -2.18. The van der Waals surface area contributed by atoms with Crippen molar-refractivity contribution in [1.82, 2.24) is 0 Å². The second-order valence-corrected chi connectivity index (χ2v) is 15.6. The average molecular weight is 915 g/mol. The topological polar surface area (TPSA) is 78.9 Å². The number of esters is 3. The predicted octanol–water partition coefficient (Wildman–Crippen LogP) is 16.7. The van der Waals surface area contributed by atoms with Gasteiger partial charge in [-0.2, -0.15) is 0 Å². The number of carbonyl (C=O) groups is 3. The van der Waals surface area contributed by atoms with Gasteiger partial charge in [-0.1, -0.05) is 247 Å². The van der Waals surface area contributed by atoms with Gasteiger partial charge in [0.05, 0.1) is 0 Å². The summed E-state index contributed by atoms with van der Waals surface area (Å²) in [7, 11) is 0. The van der Waals surface area contributed by atoms with E-state index in [0.29, 0.717) is 19.3 Å². The molecule has 0 fully saturated rings. The van der Waals surface area contributed by atoms with E-state index in [-0.39, 0.29) is 44.0 Å². The van der Waals surface area contributed by atoms with E-state index < -0.39 is 6.10 Å². The summed E-state index contributed by atoms with van der Waals surface area (Å²) in [6.45, 7) is 6.07. The van der Waals surface area contributed by atoms with E-state index >= 15 is 0 Å². The predicted molar refractivity (Wildman–Crippen MR) is 287 cm³/mol. The maximum Gasteiger partial charge on any atom is 0.306 e. The van der Waals surface area contributed by atoms with Crippen LogP contribution >= 0.6 is 0 Å². The molecular formula is C61H86O6. The third-order valence-corrected chi connectivity index (χ3v) is 9.49. The van der Waals surface area contributed by atoms with Crippen LogP contribution in [-0.2, 0) is 28.6 Å². The fraction of sp³-hybridized carbons (Fsp3) is 0.426. The molecule has 0 amide bonds. The largest absolute Gasteiger partial charge is 0.462 e. The van der Waals surface area contributed by atoms with E-state index in [2.05, 4.69) is 69.4 Å². The molecule has 0 aromatic heterocycles. The monoisotopic (exact) mass is 915 g/mol. The van der Waals surface area contributed by atoms with Crippen LogP contribution in [-0.4, -0.2) is 37.2 Å². The molecule has 0 radical (unpaired) electrons. The number of rotatable bonds is 41. The molecular weight excluding hydrogens is 829 g/mol. The molecule has 1 atom stereocenters. The Labute approximate surface area is 407 Å². The van der Waals surface area contributed by atoms with Crippen molar-refractivity contribution in [3.63, 3.8) is 0 Å². The van der Waals surface area contributed by atoms with Gasteiger partial charge in [0.25, 0.3) is 0 Å². The van der Waals surface area contributed by atoms with Crippen LogP contribution in [0.4, 0.5) is 0 Å². The van der Waals surface area contributed by atoms with Crippen molar-refractivity contribution in [3.8, 4) is 0 Å². The number of hydrogen-bond donors (Lipinski definition) is 0. The maximum absolute atomic E-state index is 12.8. The molecule has 0 saturated heterocycles. The summed E-state index contributed by atoms with van der Waals surface area (Å²) in [5, 5.41) is 0. The van der Waals surface area contributed by atoms with Crippen LogP contribution in [0.2, 0.25) is 0 Å². The number of allylic oxidation sites excluding steroid dienone is 32. The first-order valence-electron chi connectivity index (χ1n) is 25.2. The van der Waals surface area contributed by atoms with Crippen LogP contribution in [0.3, 0.4) is 0 Å². The van der Waals surface area contributed by atoms with Gasteiger partial charge in [0.1, 0.15) is 13.2 Å². The summed E-state index contributed by atoms with van der Waals surface area (Å²) < 4.78 is 16.7. The Morgan fingerprint density at radius 1 is 0.299 bits per heavy atom. The molecule has 0 saturated carbocycles. The second kappa shape index (κ2) is 52.9. The van der Waals surface area contributed by atoms with Crippen LogP contribution in [0, 0.1) is 0 Å². The summed E-state index contributed by atoms with van der Waals surface area (Å²) in [5.41, 5.74) is 0. The van der Waals surface area contributed by atoms with E-state index in [0.717, 1.165) is 96.3 Å². The van der Waals surface area contributed by atoms with Gasteiger partial charge in [-0.05, 0) is 77.0 Å². The van der Waals surface area contributed by atoms with Crippen molar-refractivity contribution < 1.29 is 28.6 Å². The lowest BCUT2D eigenvalue weighted by Crippen LogP contribution is -2.30. The van der Waals surface area contributed by atoms with E-state index in [1.165, 1.54) is 0 Å². The first-order chi connectivity index (χ1) is 33.0. The molecule has 0 N–H and O–H groups in total. The van der Waals surface area contributed by atoms with Crippen LogP contribution < -0.4 is 0 Å². The highest BCUT2D eigenvalue weighted by Crippen LogP contribution is 2.11. The molecule has 0 rings (SSSR count). The lowest BCUT2D eigenvalue weighted by molar-refractivity contribution is -0.167. The van der Waals surface area contributed by atoms with Gasteiger partial charge in [-0.25, -0.2) is 0 Å². The van der Waals surface area contributed by atoms with Crippen molar-refractivity contribution >= 4 is 17.9 Å². The number of carbonyl (C=O) groups excluding carboxylic acids is 3. The van der Waals surface area contributed by atoms with Crippen LogP contribution in [0.15, 0.2) is 194 Å². The minimum atomic E-state index is -0.842. The smallest absolute Gasteiger partial charge is 0.306 e. The number of ether oxygens (including phenoxy) is 3. The Bertz CT molecular complexity index is 1710. The third kappa shape index (κ3) is 51.1. The molecule has 1 unspecified atom stereocenters. The Hall–Kier alpha value is -5.75. The molecule has 67 heavy (non-hydrogen) atoms. The van der Waals surface area contributed by atoms with Crippen LogP contribution in [0.1, 0.15) is 149 Å². The molecule has 6 nitrogen and oxygen atoms in total. The van der Waals surface area contributed by atoms with Crippen molar-refractivity contribution in [2.45, 2.75) is 155 Å². The third-order valence-electron chi connectivity index (χ3n) is 9.49. The Kier molecular flexibility index (Phi) is 48.3. The summed E-state index contributed by atoms with van der Waals surface area (Å²) in [6.07, 6.45) is 81.1. The number of hydrogen-bond acceptors (Lipinski definition) is 6. The van der Waals surface area contributed by atoms with Crippen molar-refractivity contribution in [3.05, 3.63) is 194 Å². The zero-order valence-corrected chi connectivity index (χ0v) is 41.6. The molecule has 366 valence electrons. The van der Waals surface area contributed by atoms with Gasteiger partial charge in [0.2, 0.25) is 0 Å². The molecule has 0 bridgehead atoms. The molecule has 0 aliphatic rings. The molecule has 6 heteroatoms. The van der Waals surface area contributed by atoms with E-state index in [1.54, 1.807) is 0 Å². The molecule has 0 heterocycles. The van der Waals surface area contributed by atoms with Crippen LogP contribution in [0.25, 0.3) is 0 Å². The molecule has 0 aromatic rings. The first-order valence-corrected chi connectivity index (χ1v) is 25.2. The zero-order valence-electron chi connectivity index (χ0n) is 41.6. The minimum Gasteiger partial charge on any atom is -0.462 e. The van der Waals surface area contributed by atoms with Gasteiger partial charge in [0, 0.05) is 19.3 Å². The van der Waals surface area contributed by atoms with Gasteiger partial charge in [0.15, 0.2) is 6.10 Å². The fourth-order valence-electron chi connectivity index (χ4n) is 5.81. The van der Waals surface area contributed by atoms with Gasteiger partial charge >= 0.3 is 17.9 Å². The highest BCUT2D eigenvalue weighted by molar-refractivity contribution is 5.71. The minimum absolute atomic E-state index is 0.135. The number of unbranched alkanes of at least 4 members (excludes halogenated alkanes) is 11. The fourth-order valence-corrected chi connectivity index (χ4v) is 5.81. The lowest BCUT2D eigenvalue weighted by atomic mass is 10.1. The van der Waals surface area contributed by atoms with Gasteiger partial charge < -0.3 is 14.2 Å². The summed E-state index contributed by atoms with van der Waals surface area (Å²) in [5.74, 6) is -1.07. The summed E-state index contributed by atoms with van der Waals surface area (Å²) in [4.78, 5) is 38.0. The van der Waals surface area contributed by atoms with E-state index in [4.69, 9.17) is 14.2 Å². The highest BCUT2D eigenvalue weighted by atomic mass is 16.6. The maximum atomic E-state index is 12.8. The SMILES string of the molecule is CC\C=C/C=C\C=C/C=C\C=C/CCCCCC(=O)OC(COC(=O)CCCCC\C=C/C=C\C=C\C=C/C=C\C=C/C=C\CC)COC(=O)CCCCCCC\C=C/C=C\C=C/C=C\CC. The molecule has 0 aliphatic heterocycles. The second-order valence-electron chi connectivity index (χ2n) is 15.6. The van der Waals surface area contributed by atoms with Crippen LogP contribution in [0.5, 0.6) is 0 Å². The van der Waals surface area contributed by atoms with Crippen molar-refractivity contribution in [2.24, 2.45) is 0 Å². The molecule has 0 aliphatic carbocycles.